The fourth-order valence-corrected chi connectivity index (χ4v) is 2.16. The van der Waals surface area contributed by atoms with E-state index in [4.69, 9.17) is 0 Å². The molecule has 0 N–H and O–H groups in total. The number of hydrogen-bond donors (Lipinski definition) is 0. The third-order valence-corrected chi connectivity index (χ3v) is 3.14. The van der Waals surface area contributed by atoms with E-state index < -0.39 is 0 Å². The molecule has 0 fully saturated rings. The first kappa shape index (κ1) is 12.4. The van der Waals surface area contributed by atoms with Crippen molar-refractivity contribution in [2.45, 2.75) is 0 Å². The number of pyridine rings is 1. The molecule has 20 heavy (non-hydrogen) atoms. The zero-order valence-electron chi connectivity index (χ0n) is 11.1. The lowest BCUT2D eigenvalue weighted by Crippen LogP contribution is -1.91. The molecule has 1 heteroatoms. The Morgan fingerprint density at radius 1 is 0.700 bits per heavy atom. The van der Waals surface area contributed by atoms with Crippen molar-refractivity contribution in [1.82, 2.24) is 4.98 Å². The molecule has 0 aliphatic carbocycles. The Bertz CT molecular complexity index is 644. The molecule has 1 nitrogen and oxygen atoms in total. The number of aromatic nitrogens is 1. The first-order valence-corrected chi connectivity index (χ1v) is 6.67. The minimum Gasteiger partial charge on any atom is -0.256 e. The van der Waals surface area contributed by atoms with Crippen LogP contribution in [0.4, 0.5) is 0 Å². The van der Waals surface area contributed by atoms with Crippen molar-refractivity contribution >= 4 is 11.6 Å². The van der Waals surface area contributed by atoms with Gasteiger partial charge in [0.1, 0.15) is 0 Å². The smallest absolute Gasteiger partial charge is 0.0708 e. The third-order valence-electron chi connectivity index (χ3n) is 3.14. The molecule has 3 aromatic rings. The second-order valence-corrected chi connectivity index (χ2v) is 4.55. The van der Waals surface area contributed by atoms with Crippen LogP contribution in [-0.2, 0) is 0 Å². The van der Waals surface area contributed by atoms with E-state index in [2.05, 4.69) is 47.5 Å². The Balaban J connectivity index is 2.12. The van der Waals surface area contributed by atoms with Gasteiger partial charge in [-0.3, -0.25) is 4.98 Å². The summed E-state index contributed by atoms with van der Waals surface area (Å²) in [7, 11) is 0. The van der Waals surface area contributed by atoms with Crippen molar-refractivity contribution in [3.63, 3.8) is 0 Å². The predicted octanol–water partition coefficient (Wildman–Crippen LogP) is 4.67. The number of rotatable bonds is 3. The molecular weight excluding hydrogens is 242 g/mol. The van der Waals surface area contributed by atoms with Gasteiger partial charge in [0.25, 0.3) is 0 Å². The normalized spacial score (nSPS) is 11.3. The number of benzene rings is 2. The van der Waals surface area contributed by atoms with E-state index in [-0.39, 0.29) is 0 Å². The molecule has 0 amide bonds. The Morgan fingerprint density at radius 3 is 2.00 bits per heavy atom. The van der Waals surface area contributed by atoms with Crippen LogP contribution in [0.15, 0.2) is 85.1 Å². The molecule has 96 valence electrons. The van der Waals surface area contributed by atoms with E-state index in [0.717, 1.165) is 11.3 Å². The molecule has 0 unspecified atom stereocenters. The molecular formula is C19H15N. The minimum absolute atomic E-state index is 0.988. The molecule has 0 radical (unpaired) electrons. The number of hydrogen-bond acceptors (Lipinski definition) is 1. The summed E-state index contributed by atoms with van der Waals surface area (Å²) in [5.74, 6) is 0. The van der Waals surface area contributed by atoms with Gasteiger partial charge in [-0.05, 0) is 29.3 Å². The lowest BCUT2D eigenvalue weighted by molar-refractivity contribution is 1.28. The lowest BCUT2D eigenvalue weighted by Gasteiger charge is -2.07. The first-order chi connectivity index (χ1) is 9.93. The standard InChI is InChI=1S/C19H15N/c1-3-9-16(10-4-1)15-18(17-11-5-2-6-12-17)19-13-7-8-14-20-19/h1-15H. The zero-order valence-corrected chi connectivity index (χ0v) is 11.1. The van der Waals surface area contributed by atoms with E-state index in [0.29, 0.717) is 0 Å². The molecule has 3 rings (SSSR count). The highest BCUT2D eigenvalue weighted by atomic mass is 14.7. The summed E-state index contributed by atoms with van der Waals surface area (Å²) < 4.78 is 0. The quantitative estimate of drug-likeness (QED) is 0.621. The molecule has 0 aliphatic heterocycles. The Morgan fingerprint density at radius 2 is 1.35 bits per heavy atom. The molecule has 2 aromatic carbocycles. The monoisotopic (exact) mass is 257 g/mol. The lowest BCUT2D eigenvalue weighted by atomic mass is 9.99. The van der Waals surface area contributed by atoms with E-state index in [1.165, 1.54) is 11.1 Å². The van der Waals surface area contributed by atoms with Crippen molar-refractivity contribution in [2.24, 2.45) is 0 Å². The van der Waals surface area contributed by atoms with Crippen LogP contribution >= 0.6 is 0 Å². The molecule has 0 saturated carbocycles. The van der Waals surface area contributed by atoms with Crippen molar-refractivity contribution < 1.29 is 0 Å². The second kappa shape index (κ2) is 5.98. The molecule has 0 saturated heterocycles. The van der Waals surface area contributed by atoms with E-state index in [1.54, 1.807) is 0 Å². The first-order valence-electron chi connectivity index (χ1n) is 6.67. The van der Waals surface area contributed by atoms with Crippen LogP contribution in [-0.4, -0.2) is 4.98 Å². The minimum atomic E-state index is 0.988. The maximum atomic E-state index is 4.48. The topological polar surface area (TPSA) is 12.9 Å². The fraction of sp³-hybridized carbons (Fsp3) is 0. The average molecular weight is 257 g/mol. The molecule has 1 aromatic heterocycles. The van der Waals surface area contributed by atoms with Gasteiger partial charge in [-0.15, -0.1) is 0 Å². The van der Waals surface area contributed by atoms with Crippen molar-refractivity contribution in [3.8, 4) is 0 Å². The maximum absolute atomic E-state index is 4.48. The average Bonchev–Trinajstić information content (AvgIpc) is 2.55. The van der Waals surface area contributed by atoms with Gasteiger partial charge in [-0.2, -0.15) is 0 Å². The number of nitrogens with zero attached hydrogens (tertiary/aromatic N) is 1. The van der Waals surface area contributed by atoms with Gasteiger partial charge in [0.2, 0.25) is 0 Å². The fourth-order valence-electron chi connectivity index (χ4n) is 2.16. The summed E-state index contributed by atoms with van der Waals surface area (Å²) in [5.41, 5.74) is 4.48. The maximum Gasteiger partial charge on any atom is 0.0708 e. The summed E-state index contributed by atoms with van der Waals surface area (Å²) in [4.78, 5) is 4.48. The molecule has 0 aliphatic rings. The van der Waals surface area contributed by atoms with E-state index in [9.17, 15) is 0 Å². The van der Waals surface area contributed by atoms with Crippen LogP contribution in [0.25, 0.3) is 11.6 Å². The Hall–Kier alpha value is -2.67. The van der Waals surface area contributed by atoms with Crippen molar-refractivity contribution in [1.29, 1.82) is 0 Å². The molecule has 0 atom stereocenters. The van der Waals surface area contributed by atoms with Gasteiger partial charge in [0, 0.05) is 11.8 Å². The van der Waals surface area contributed by atoms with Gasteiger partial charge in [0.05, 0.1) is 5.69 Å². The Labute approximate surface area is 119 Å². The predicted molar refractivity (Wildman–Crippen MR) is 84.1 cm³/mol. The van der Waals surface area contributed by atoms with Crippen LogP contribution in [0.2, 0.25) is 0 Å². The molecule has 0 spiro atoms. The SMILES string of the molecule is C(=C(c1ccccc1)c1ccccn1)c1ccccc1. The second-order valence-electron chi connectivity index (χ2n) is 4.55. The summed E-state index contributed by atoms with van der Waals surface area (Å²) in [5, 5.41) is 0. The van der Waals surface area contributed by atoms with E-state index in [1.807, 2.05) is 48.7 Å². The largest absolute Gasteiger partial charge is 0.256 e. The summed E-state index contributed by atoms with van der Waals surface area (Å²) in [6.45, 7) is 0. The Kier molecular flexibility index (Phi) is 3.70. The molecule has 0 bridgehead atoms. The third kappa shape index (κ3) is 2.83. The highest BCUT2D eigenvalue weighted by Gasteiger charge is 2.05. The summed E-state index contributed by atoms with van der Waals surface area (Å²) >= 11 is 0. The van der Waals surface area contributed by atoms with Gasteiger partial charge >= 0.3 is 0 Å². The van der Waals surface area contributed by atoms with Crippen molar-refractivity contribution in [3.05, 3.63) is 102 Å². The highest BCUT2D eigenvalue weighted by molar-refractivity contribution is 5.90. The van der Waals surface area contributed by atoms with Crippen LogP contribution < -0.4 is 0 Å². The van der Waals surface area contributed by atoms with Crippen LogP contribution in [0.5, 0.6) is 0 Å². The molecule has 1 heterocycles. The van der Waals surface area contributed by atoms with Crippen LogP contribution in [0.1, 0.15) is 16.8 Å². The zero-order chi connectivity index (χ0) is 13.6. The van der Waals surface area contributed by atoms with Crippen LogP contribution in [0, 0.1) is 0 Å². The van der Waals surface area contributed by atoms with Crippen molar-refractivity contribution in [2.75, 3.05) is 0 Å². The van der Waals surface area contributed by atoms with Gasteiger partial charge < -0.3 is 0 Å². The van der Waals surface area contributed by atoms with Gasteiger partial charge in [-0.1, -0.05) is 66.7 Å². The van der Waals surface area contributed by atoms with E-state index >= 15 is 0 Å². The summed E-state index contributed by atoms with van der Waals surface area (Å²) in [6.07, 6.45) is 4.01. The van der Waals surface area contributed by atoms with Gasteiger partial charge in [0.15, 0.2) is 0 Å². The summed E-state index contributed by atoms with van der Waals surface area (Å²) in [6, 6.07) is 26.7. The highest BCUT2D eigenvalue weighted by Crippen LogP contribution is 2.24. The van der Waals surface area contributed by atoms with Gasteiger partial charge in [-0.25, -0.2) is 0 Å². The van der Waals surface area contributed by atoms with Crippen LogP contribution in [0.3, 0.4) is 0 Å².